The summed E-state index contributed by atoms with van der Waals surface area (Å²) in [6.45, 7) is 2.25. The van der Waals surface area contributed by atoms with Crippen molar-refractivity contribution in [2.24, 2.45) is 11.8 Å². The molecule has 2 rings (SSSR count). The van der Waals surface area contributed by atoms with E-state index in [0.29, 0.717) is 5.92 Å². The maximum Gasteiger partial charge on any atom is 0.0608 e. The molecular formula is C15H21ClO. The highest BCUT2D eigenvalue weighted by molar-refractivity contribution is 6.30. The molecule has 0 spiro atoms. The number of rotatable bonds is 4. The third-order valence-electron chi connectivity index (χ3n) is 4.06. The quantitative estimate of drug-likeness (QED) is 0.857. The molecule has 1 aliphatic carbocycles. The smallest absolute Gasteiger partial charge is 0.0608 e. The maximum atomic E-state index is 10.3. The fraction of sp³-hybridized carbons (Fsp3) is 0.600. The zero-order chi connectivity index (χ0) is 12.3. The molecule has 1 aromatic carbocycles. The van der Waals surface area contributed by atoms with Gasteiger partial charge in [-0.25, -0.2) is 0 Å². The number of aliphatic hydroxyl groups excluding tert-OH is 1. The molecule has 94 valence electrons. The molecule has 1 saturated carbocycles. The summed E-state index contributed by atoms with van der Waals surface area (Å²) in [7, 11) is 0. The maximum absolute atomic E-state index is 10.3. The van der Waals surface area contributed by atoms with Crippen LogP contribution in [0, 0.1) is 11.8 Å². The van der Waals surface area contributed by atoms with Crippen molar-refractivity contribution in [2.75, 3.05) is 0 Å². The van der Waals surface area contributed by atoms with Gasteiger partial charge in [0.25, 0.3) is 0 Å². The Labute approximate surface area is 109 Å². The van der Waals surface area contributed by atoms with E-state index in [1.54, 1.807) is 0 Å². The van der Waals surface area contributed by atoms with E-state index in [1.807, 2.05) is 24.3 Å². The molecule has 0 radical (unpaired) electrons. The fourth-order valence-corrected chi connectivity index (χ4v) is 2.99. The van der Waals surface area contributed by atoms with Gasteiger partial charge in [0.1, 0.15) is 0 Å². The molecule has 1 aliphatic rings. The van der Waals surface area contributed by atoms with Crippen LogP contribution in [-0.2, 0) is 6.42 Å². The molecule has 0 amide bonds. The van der Waals surface area contributed by atoms with Gasteiger partial charge in [-0.2, -0.15) is 0 Å². The van der Waals surface area contributed by atoms with E-state index in [0.717, 1.165) is 17.4 Å². The Hall–Kier alpha value is -0.530. The molecule has 1 N–H and O–H groups in total. The lowest BCUT2D eigenvalue weighted by molar-refractivity contribution is 0.108. The van der Waals surface area contributed by atoms with Gasteiger partial charge in [0, 0.05) is 5.02 Å². The van der Waals surface area contributed by atoms with E-state index in [4.69, 9.17) is 11.6 Å². The summed E-state index contributed by atoms with van der Waals surface area (Å²) in [5.74, 6) is 1.33. The molecule has 2 heteroatoms. The fourth-order valence-electron chi connectivity index (χ4n) is 2.86. The predicted octanol–water partition coefficient (Wildman–Crippen LogP) is 4.07. The van der Waals surface area contributed by atoms with Crippen molar-refractivity contribution < 1.29 is 5.11 Å². The Balaban J connectivity index is 1.89. The Morgan fingerprint density at radius 3 is 2.59 bits per heavy atom. The average molecular weight is 253 g/mol. The van der Waals surface area contributed by atoms with Crippen LogP contribution in [0.5, 0.6) is 0 Å². The van der Waals surface area contributed by atoms with Gasteiger partial charge in [-0.05, 0) is 48.8 Å². The Morgan fingerprint density at radius 2 is 2.00 bits per heavy atom. The first kappa shape index (κ1) is 12.9. The third-order valence-corrected chi connectivity index (χ3v) is 4.31. The second-order valence-corrected chi connectivity index (χ2v) is 5.68. The molecule has 0 saturated heterocycles. The zero-order valence-electron chi connectivity index (χ0n) is 10.4. The highest BCUT2D eigenvalue weighted by atomic mass is 35.5. The first-order valence-corrected chi connectivity index (χ1v) is 6.99. The van der Waals surface area contributed by atoms with Crippen LogP contribution in [0.25, 0.3) is 0 Å². The molecule has 0 aromatic heterocycles. The van der Waals surface area contributed by atoms with Gasteiger partial charge in [0.2, 0.25) is 0 Å². The van der Waals surface area contributed by atoms with Gasteiger partial charge in [-0.3, -0.25) is 0 Å². The Bertz CT molecular complexity index is 346. The lowest BCUT2D eigenvalue weighted by atomic mass is 9.93. The standard InChI is InChI=1S/C15H21ClO/c1-2-11-3-6-13(9-11)15(17)10-12-4-7-14(16)8-5-12/h4-5,7-8,11,13,15,17H,2-3,6,9-10H2,1H3. The zero-order valence-corrected chi connectivity index (χ0v) is 11.2. The van der Waals surface area contributed by atoms with Gasteiger partial charge in [-0.15, -0.1) is 0 Å². The lowest BCUT2D eigenvalue weighted by Crippen LogP contribution is -2.20. The predicted molar refractivity (Wildman–Crippen MR) is 72.3 cm³/mol. The first-order valence-electron chi connectivity index (χ1n) is 6.61. The largest absolute Gasteiger partial charge is 0.392 e. The highest BCUT2D eigenvalue weighted by Crippen LogP contribution is 2.35. The molecule has 1 aromatic rings. The summed E-state index contributed by atoms with van der Waals surface area (Å²) in [6, 6.07) is 7.82. The van der Waals surface area contributed by atoms with Crippen molar-refractivity contribution >= 4 is 11.6 Å². The summed E-state index contributed by atoms with van der Waals surface area (Å²) in [5.41, 5.74) is 1.18. The molecule has 3 atom stereocenters. The topological polar surface area (TPSA) is 20.2 Å². The Morgan fingerprint density at radius 1 is 1.29 bits per heavy atom. The van der Waals surface area contributed by atoms with Crippen LogP contribution >= 0.6 is 11.6 Å². The van der Waals surface area contributed by atoms with Crippen LogP contribution in [0.2, 0.25) is 5.02 Å². The summed E-state index contributed by atoms with van der Waals surface area (Å²) < 4.78 is 0. The van der Waals surface area contributed by atoms with Crippen LogP contribution in [-0.4, -0.2) is 11.2 Å². The van der Waals surface area contributed by atoms with Gasteiger partial charge < -0.3 is 5.11 Å². The Kier molecular flexibility index (Phi) is 4.47. The van der Waals surface area contributed by atoms with Gasteiger partial charge in [-0.1, -0.05) is 43.5 Å². The van der Waals surface area contributed by atoms with E-state index in [1.165, 1.54) is 31.2 Å². The van der Waals surface area contributed by atoms with Crippen molar-refractivity contribution in [3.8, 4) is 0 Å². The highest BCUT2D eigenvalue weighted by Gasteiger charge is 2.28. The number of hydrogen-bond acceptors (Lipinski definition) is 1. The van der Waals surface area contributed by atoms with Crippen molar-refractivity contribution in [1.29, 1.82) is 0 Å². The lowest BCUT2D eigenvalue weighted by Gasteiger charge is -2.18. The summed E-state index contributed by atoms with van der Waals surface area (Å²) in [5, 5.41) is 11.0. The van der Waals surface area contributed by atoms with Crippen LogP contribution < -0.4 is 0 Å². The minimum atomic E-state index is -0.187. The summed E-state index contributed by atoms with van der Waals surface area (Å²) in [4.78, 5) is 0. The molecular weight excluding hydrogens is 232 g/mol. The second-order valence-electron chi connectivity index (χ2n) is 5.25. The van der Waals surface area contributed by atoms with Gasteiger partial charge >= 0.3 is 0 Å². The van der Waals surface area contributed by atoms with Crippen LogP contribution in [0.15, 0.2) is 24.3 Å². The molecule has 0 bridgehead atoms. The van der Waals surface area contributed by atoms with E-state index in [2.05, 4.69) is 6.92 Å². The molecule has 0 heterocycles. The summed E-state index contributed by atoms with van der Waals surface area (Å²) >= 11 is 5.85. The minimum Gasteiger partial charge on any atom is -0.392 e. The molecule has 17 heavy (non-hydrogen) atoms. The number of aliphatic hydroxyl groups is 1. The van der Waals surface area contributed by atoms with Crippen LogP contribution in [0.3, 0.4) is 0 Å². The monoisotopic (exact) mass is 252 g/mol. The molecule has 3 unspecified atom stereocenters. The first-order chi connectivity index (χ1) is 8.19. The van der Waals surface area contributed by atoms with E-state index >= 15 is 0 Å². The van der Waals surface area contributed by atoms with Gasteiger partial charge in [0.05, 0.1) is 6.10 Å². The van der Waals surface area contributed by atoms with Crippen molar-refractivity contribution in [2.45, 2.75) is 45.1 Å². The minimum absolute atomic E-state index is 0.187. The van der Waals surface area contributed by atoms with Crippen molar-refractivity contribution in [3.63, 3.8) is 0 Å². The molecule has 1 nitrogen and oxygen atoms in total. The van der Waals surface area contributed by atoms with E-state index in [9.17, 15) is 5.11 Å². The van der Waals surface area contributed by atoms with Crippen LogP contribution in [0.1, 0.15) is 38.2 Å². The number of benzene rings is 1. The number of halogens is 1. The second kappa shape index (κ2) is 5.88. The van der Waals surface area contributed by atoms with E-state index < -0.39 is 0 Å². The van der Waals surface area contributed by atoms with E-state index in [-0.39, 0.29) is 6.10 Å². The number of hydrogen-bond donors (Lipinski definition) is 1. The SMILES string of the molecule is CCC1CCC(C(O)Cc2ccc(Cl)cc2)C1. The van der Waals surface area contributed by atoms with Crippen molar-refractivity contribution in [1.82, 2.24) is 0 Å². The molecule has 1 fully saturated rings. The van der Waals surface area contributed by atoms with Crippen molar-refractivity contribution in [3.05, 3.63) is 34.9 Å². The summed E-state index contributed by atoms with van der Waals surface area (Å²) in [6.07, 6.45) is 5.51. The van der Waals surface area contributed by atoms with Crippen LogP contribution in [0.4, 0.5) is 0 Å². The van der Waals surface area contributed by atoms with Gasteiger partial charge in [0.15, 0.2) is 0 Å². The molecule has 0 aliphatic heterocycles. The third kappa shape index (κ3) is 3.46. The average Bonchev–Trinajstić information content (AvgIpc) is 2.81. The normalized spacial score (nSPS) is 26.1.